The number of halogens is 1. The topological polar surface area (TPSA) is 192 Å². The average molecular weight is 948 g/mol. The van der Waals surface area contributed by atoms with Crippen molar-refractivity contribution in [1.82, 2.24) is 35.3 Å². The number of carboxylic acid groups (broad SMARTS) is 1. The number of aromatic nitrogens is 4. The lowest BCUT2D eigenvalue weighted by Gasteiger charge is -2.35. The summed E-state index contributed by atoms with van der Waals surface area (Å²) in [6, 6.07) is 17.6. The fraction of sp³-hybridized carbons (Fsp3) is 0.347. The molecule has 2 aliphatic heterocycles. The van der Waals surface area contributed by atoms with Gasteiger partial charge in [-0.3, -0.25) is 28.7 Å². The fourth-order valence-corrected chi connectivity index (χ4v) is 10.9. The second-order valence-electron chi connectivity index (χ2n) is 18.1. The number of hydrogen-bond acceptors (Lipinski definition) is 11. The molecule has 8 rings (SSSR count). The highest BCUT2D eigenvalue weighted by Gasteiger charge is 2.45. The molecule has 0 bridgehead atoms. The molecule has 0 radical (unpaired) electrons. The zero-order chi connectivity index (χ0) is 47.4. The molecular weight excluding hydrogens is 896 g/mol. The highest BCUT2D eigenvalue weighted by atomic mass is 35.5. The van der Waals surface area contributed by atoms with Gasteiger partial charge in [-0.1, -0.05) is 87.0 Å². The Morgan fingerprint density at radius 1 is 0.909 bits per heavy atom. The Hall–Kier alpha value is -6.07. The number of benzene rings is 3. The first kappa shape index (κ1) is 46.5. The van der Waals surface area contributed by atoms with Gasteiger partial charge in [0.2, 0.25) is 11.8 Å². The third kappa shape index (κ3) is 9.06. The maximum atomic E-state index is 14.4. The van der Waals surface area contributed by atoms with Crippen LogP contribution in [0.15, 0.2) is 77.2 Å². The largest absolute Gasteiger partial charge is 0.481 e. The molecular formula is C49H51ClN8O6S2. The van der Waals surface area contributed by atoms with Crippen molar-refractivity contribution >= 4 is 63.7 Å². The monoisotopic (exact) mass is 946 g/mol. The van der Waals surface area contributed by atoms with E-state index in [1.807, 2.05) is 114 Å². The van der Waals surface area contributed by atoms with Crippen LogP contribution in [0.25, 0.3) is 26.6 Å². The van der Waals surface area contributed by atoms with Crippen LogP contribution in [0.3, 0.4) is 0 Å². The Balaban J connectivity index is 0.980. The van der Waals surface area contributed by atoms with E-state index < -0.39 is 53.3 Å². The van der Waals surface area contributed by atoms with E-state index >= 15 is 0 Å². The predicted molar refractivity (Wildman–Crippen MR) is 257 cm³/mol. The smallest absolute Gasteiger partial charge is 0.306 e. The van der Waals surface area contributed by atoms with Crippen molar-refractivity contribution in [3.8, 4) is 26.6 Å². The summed E-state index contributed by atoms with van der Waals surface area (Å²) in [5.74, 6) is -1.31. The quantitative estimate of drug-likeness (QED) is 0.0989. The maximum Gasteiger partial charge on any atom is 0.306 e. The third-order valence-electron chi connectivity index (χ3n) is 12.3. The van der Waals surface area contributed by atoms with E-state index in [2.05, 4.69) is 25.8 Å². The van der Waals surface area contributed by atoms with Crippen molar-refractivity contribution < 1.29 is 29.4 Å². The van der Waals surface area contributed by atoms with E-state index in [1.165, 1.54) is 4.90 Å². The Morgan fingerprint density at radius 2 is 1.58 bits per heavy atom. The van der Waals surface area contributed by atoms with Crippen molar-refractivity contribution in [2.45, 2.75) is 98.5 Å². The number of aliphatic hydroxyl groups is 1. The summed E-state index contributed by atoms with van der Waals surface area (Å²) in [5.41, 5.74) is 9.01. The van der Waals surface area contributed by atoms with Crippen LogP contribution in [0.1, 0.15) is 107 Å². The Bertz CT molecular complexity index is 2900. The van der Waals surface area contributed by atoms with E-state index in [-0.39, 0.29) is 36.0 Å². The minimum absolute atomic E-state index is 0.0585. The highest BCUT2D eigenvalue weighted by molar-refractivity contribution is 7.15. The molecule has 3 aromatic heterocycles. The molecule has 2 unspecified atom stereocenters. The number of likely N-dealkylation sites (tertiary alicyclic amines) is 1. The van der Waals surface area contributed by atoms with Crippen molar-refractivity contribution in [3.63, 3.8) is 0 Å². The molecule has 5 atom stereocenters. The maximum absolute atomic E-state index is 14.4. The second-order valence-corrected chi connectivity index (χ2v) is 20.5. The van der Waals surface area contributed by atoms with Gasteiger partial charge in [-0.15, -0.1) is 32.9 Å². The summed E-state index contributed by atoms with van der Waals surface area (Å²) in [5, 5.41) is 36.2. The standard InChI is InChI=1S/C49H51ClN8O6S2/c1-24-27(4)66-48-40(24)41(53-37(21-39(60)61)44-56-55-28(5)58(44)48)31-13-11-30(12-14-31)33-17-18-35(36(50)19-33)45(62)54-43(49(6,7)8)47(64)57-22-34(59)20-38(57)46(63)52-25(2)29-9-15-32(16-10-29)42-26(3)51-23-65-42/h9-19,23,25,34,37-38,43,59H,20-22H2,1-8H3,(H,52,63)(H,54,62)(H,60,61)/t25?,34-,37+,38+,43?/m1/s1. The summed E-state index contributed by atoms with van der Waals surface area (Å²) in [6.45, 7) is 15.2. The van der Waals surface area contributed by atoms with Gasteiger partial charge in [0.25, 0.3) is 5.91 Å². The first-order chi connectivity index (χ1) is 31.3. The van der Waals surface area contributed by atoms with E-state index in [9.17, 15) is 29.4 Å². The molecule has 6 aromatic rings. The second kappa shape index (κ2) is 18.3. The summed E-state index contributed by atoms with van der Waals surface area (Å²) in [7, 11) is 0. The molecule has 0 aliphatic carbocycles. The van der Waals surface area contributed by atoms with Gasteiger partial charge in [0.1, 0.15) is 29.0 Å². The molecule has 4 N–H and O–H groups in total. The number of amides is 3. The molecule has 2 aliphatic rings. The summed E-state index contributed by atoms with van der Waals surface area (Å²) in [4.78, 5) is 67.1. The number of aliphatic carboxylic acids is 1. The number of hydrogen-bond donors (Lipinski definition) is 4. The van der Waals surface area contributed by atoms with Gasteiger partial charge >= 0.3 is 5.97 Å². The lowest BCUT2D eigenvalue weighted by Crippen LogP contribution is -2.57. The van der Waals surface area contributed by atoms with Crippen LogP contribution in [0.4, 0.5) is 0 Å². The molecule has 3 aromatic carbocycles. The number of rotatable bonds is 11. The van der Waals surface area contributed by atoms with E-state index in [4.69, 9.17) is 16.6 Å². The summed E-state index contributed by atoms with van der Waals surface area (Å²) in [6.07, 6.45) is -1.11. The Morgan fingerprint density at radius 3 is 2.21 bits per heavy atom. The predicted octanol–water partition coefficient (Wildman–Crippen LogP) is 8.36. The van der Waals surface area contributed by atoms with Gasteiger partial charge < -0.3 is 25.7 Å². The van der Waals surface area contributed by atoms with Crippen LogP contribution in [-0.4, -0.2) is 89.0 Å². The minimum Gasteiger partial charge on any atom is -0.481 e. The van der Waals surface area contributed by atoms with Gasteiger partial charge in [-0.05, 0) is 80.0 Å². The molecule has 17 heteroatoms. The van der Waals surface area contributed by atoms with Crippen LogP contribution >= 0.6 is 34.3 Å². The highest BCUT2D eigenvalue weighted by Crippen LogP contribution is 2.40. The number of carbonyl (C=O) groups is 4. The zero-order valence-corrected chi connectivity index (χ0v) is 40.2. The SMILES string of the molecule is Cc1ncsc1-c1ccc(C(C)NC(=O)[C@@H]2C[C@@H](O)CN2C(=O)C(NC(=O)c2ccc(-c3ccc(C4=N[C@@H](CC(=O)O)c5nnc(C)n5-c5sc(C)c(C)c54)cc3)cc2Cl)C(C)(C)C)cc1. The molecule has 0 saturated carbocycles. The Kier molecular flexibility index (Phi) is 12.9. The fourth-order valence-electron chi connectivity index (χ4n) is 8.61. The van der Waals surface area contributed by atoms with Crippen molar-refractivity contribution in [3.05, 3.63) is 127 Å². The molecule has 14 nitrogen and oxygen atoms in total. The molecule has 3 amide bonds. The number of β-amino-alcohol motifs (C(OH)–C–C–N with tert-alkyl or cyclic N) is 1. The number of nitrogens with zero attached hydrogens (tertiary/aromatic N) is 6. The zero-order valence-electron chi connectivity index (χ0n) is 37.8. The number of aryl methyl sites for hydroxylation is 3. The van der Waals surface area contributed by atoms with E-state index in [1.54, 1.807) is 40.9 Å². The lowest BCUT2D eigenvalue weighted by atomic mass is 9.85. The minimum atomic E-state index is -1.06. The van der Waals surface area contributed by atoms with Crippen LogP contribution in [0.5, 0.6) is 0 Å². The number of aliphatic hydroxyl groups excluding tert-OH is 1. The van der Waals surface area contributed by atoms with Crippen LogP contribution in [-0.2, 0) is 14.4 Å². The number of thiophene rings is 1. The summed E-state index contributed by atoms with van der Waals surface area (Å²) >= 11 is 9.99. The first-order valence-corrected chi connectivity index (χ1v) is 23.7. The molecule has 5 heterocycles. The van der Waals surface area contributed by atoms with Crippen LogP contribution < -0.4 is 10.6 Å². The van der Waals surface area contributed by atoms with Crippen molar-refractivity contribution in [1.29, 1.82) is 0 Å². The average Bonchev–Trinajstić information content (AvgIpc) is 4.04. The van der Waals surface area contributed by atoms with Gasteiger partial charge in [0.15, 0.2) is 5.82 Å². The van der Waals surface area contributed by atoms with Crippen molar-refractivity contribution in [2.75, 3.05) is 6.54 Å². The van der Waals surface area contributed by atoms with Gasteiger partial charge in [-0.2, -0.15) is 0 Å². The number of carbonyl (C=O) groups excluding carboxylic acids is 3. The molecule has 1 saturated heterocycles. The van der Waals surface area contributed by atoms with Gasteiger partial charge in [-0.25, -0.2) is 4.98 Å². The first-order valence-electron chi connectivity index (χ1n) is 21.6. The number of nitrogens with one attached hydrogen (secondary N) is 2. The number of fused-ring (bicyclic) bond motifs is 3. The van der Waals surface area contributed by atoms with Gasteiger partial charge in [0.05, 0.1) is 50.9 Å². The third-order valence-corrected chi connectivity index (χ3v) is 14.8. The molecule has 342 valence electrons. The van der Waals surface area contributed by atoms with Crippen LogP contribution in [0, 0.1) is 33.1 Å². The number of aliphatic imine (C=N–C) groups is 1. The van der Waals surface area contributed by atoms with Crippen molar-refractivity contribution in [2.24, 2.45) is 10.4 Å². The summed E-state index contributed by atoms with van der Waals surface area (Å²) < 4.78 is 1.92. The molecule has 1 fully saturated rings. The normalized spacial score (nSPS) is 17.9. The number of carboxylic acids is 1. The van der Waals surface area contributed by atoms with Gasteiger partial charge in [0, 0.05) is 29.0 Å². The van der Waals surface area contributed by atoms with E-state index in [0.29, 0.717) is 17.4 Å². The molecule has 66 heavy (non-hydrogen) atoms. The van der Waals surface area contributed by atoms with E-state index in [0.717, 1.165) is 59.4 Å². The van der Waals surface area contributed by atoms with Crippen LogP contribution in [0.2, 0.25) is 5.02 Å². The Labute approximate surface area is 395 Å². The lowest BCUT2D eigenvalue weighted by molar-refractivity contribution is -0.142. The number of thiazole rings is 1. The molecule has 0 spiro atoms.